The maximum Gasteiger partial charge on any atom is 0.0210 e. The van der Waals surface area contributed by atoms with E-state index in [-0.39, 0.29) is 0 Å². The lowest BCUT2D eigenvalue weighted by Gasteiger charge is -2.29. The summed E-state index contributed by atoms with van der Waals surface area (Å²) in [6, 6.07) is 9.77. The minimum Gasteiger partial charge on any atom is -0.310 e. The van der Waals surface area contributed by atoms with Crippen LogP contribution in [0.1, 0.15) is 62.5 Å². The topological polar surface area (TPSA) is 12.0 Å². The van der Waals surface area contributed by atoms with Crippen LogP contribution >= 0.6 is 0 Å². The third-order valence-corrected chi connectivity index (χ3v) is 6.12. The molecule has 1 aromatic rings. The molecule has 20 heavy (non-hydrogen) atoms. The first kappa shape index (κ1) is 12.9. The zero-order valence-corrected chi connectivity index (χ0v) is 12.6. The predicted octanol–water partition coefficient (Wildman–Crippen LogP) is 4.48. The molecule has 0 aliphatic heterocycles. The van der Waals surface area contributed by atoms with Crippen molar-refractivity contribution in [1.82, 2.24) is 5.32 Å². The summed E-state index contributed by atoms with van der Waals surface area (Å²) < 4.78 is 0. The fourth-order valence-electron chi connectivity index (χ4n) is 4.82. The molecule has 0 aromatic heterocycles. The lowest BCUT2D eigenvalue weighted by Crippen LogP contribution is -2.36. The molecule has 3 aliphatic carbocycles. The highest BCUT2D eigenvalue weighted by Crippen LogP contribution is 2.49. The van der Waals surface area contributed by atoms with E-state index in [0.29, 0.717) is 6.04 Å². The van der Waals surface area contributed by atoms with Crippen molar-refractivity contribution in [2.24, 2.45) is 17.8 Å². The number of nitrogens with one attached hydrogen (secondary N) is 1. The molecule has 0 heterocycles. The monoisotopic (exact) mass is 269 g/mol. The van der Waals surface area contributed by atoms with E-state index in [1.165, 1.54) is 38.5 Å². The van der Waals surface area contributed by atoms with E-state index in [4.69, 9.17) is 0 Å². The molecule has 0 amide bonds. The Morgan fingerprint density at radius 1 is 1.10 bits per heavy atom. The molecule has 0 saturated heterocycles. The number of fused-ring (bicyclic) bond motifs is 2. The minimum atomic E-state index is 0.692. The van der Waals surface area contributed by atoms with Crippen molar-refractivity contribution in [3.05, 3.63) is 35.4 Å². The number of benzene rings is 1. The molecular weight excluding hydrogens is 242 g/mol. The lowest BCUT2D eigenvalue weighted by atomic mass is 9.84. The summed E-state index contributed by atoms with van der Waals surface area (Å²) in [6.07, 6.45) is 8.83. The van der Waals surface area contributed by atoms with Gasteiger partial charge < -0.3 is 5.32 Å². The van der Waals surface area contributed by atoms with Crippen LogP contribution in [0.4, 0.5) is 0 Å². The van der Waals surface area contributed by atoms with E-state index < -0.39 is 0 Å². The quantitative estimate of drug-likeness (QED) is 0.831. The molecule has 3 aliphatic rings. The van der Waals surface area contributed by atoms with E-state index >= 15 is 0 Å². The van der Waals surface area contributed by atoms with Crippen molar-refractivity contribution in [2.45, 2.75) is 64.0 Å². The molecule has 3 saturated carbocycles. The van der Waals surface area contributed by atoms with Crippen LogP contribution in [0, 0.1) is 17.8 Å². The second-order valence-electron chi connectivity index (χ2n) is 7.48. The van der Waals surface area contributed by atoms with Gasteiger partial charge in [-0.3, -0.25) is 0 Å². The van der Waals surface area contributed by atoms with Gasteiger partial charge in [-0.1, -0.05) is 30.7 Å². The van der Waals surface area contributed by atoms with Crippen molar-refractivity contribution < 1.29 is 0 Å². The van der Waals surface area contributed by atoms with Gasteiger partial charge in [0, 0.05) is 12.6 Å². The molecule has 1 nitrogen and oxygen atoms in total. The van der Waals surface area contributed by atoms with Gasteiger partial charge >= 0.3 is 0 Å². The summed E-state index contributed by atoms with van der Waals surface area (Å²) >= 11 is 0. The van der Waals surface area contributed by atoms with Gasteiger partial charge in [0.05, 0.1) is 0 Å². The van der Waals surface area contributed by atoms with Crippen LogP contribution < -0.4 is 5.32 Å². The first-order valence-corrected chi connectivity index (χ1v) is 8.62. The molecule has 108 valence electrons. The molecule has 1 heteroatoms. The Morgan fingerprint density at radius 2 is 1.95 bits per heavy atom. The number of hydrogen-bond donors (Lipinski definition) is 1. The van der Waals surface area contributed by atoms with Gasteiger partial charge in [-0.05, 0) is 73.8 Å². The largest absolute Gasteiger partial charge is 0.310 e. The predicted molar refractivity (Wildman–Crippen MR) is 83.7 cm³/mol. The molecule has 0 radical (unpaired) electrons. The fourth-order valence-corrected chi connectivity index (χ4v) is 4.82. The highest BCUT2D eigenvalue weighted by molar-refractivity contribution is 5.33. The van der Waals surface area contributed by atoms with Crippen molar-refractivity contribution in [3.8, 4) is 0 Å². The molecule has 3 fully saturated rings. The Balaban J connectivity index is 1.38. The molecule has 1 N–H and O–H groups in total. The summed E-state index contributed by atoms with van der Waals surface area (Å²) in [7, 11) is 0. The minimum absolute atomic E-state index is 0.692. The molecule has 4 atom stereocenters. The number of rotatable bonds is 5. The third kappa shape index (κ3) is 2.41. The van der Waals surface area contributed by atoms with Crippen molar-refractivity contribution in [3.63, 3.8) is 0 Å². The summed E-state index contributed by atoms with van der Waals surface area (Å²) in [5.41, 5.74) is 3.16. The van der Waals surface area contributed by atoms with Gasteiger partial charge in [-0.15, -0.1) is 0 Å². The van der Waals surface area contributed by atoms with Gasteiger partial charge in [0.1, 0.15) is 0 Å². The van der Waals surface area contributed by atoms with Gasteiger partial charge in [0.2, 0.25) is 0 Å². The zero-order chi connectivity index (χ0) is 13.5. The Bertz CT molecular complexity index is 476. The molecule has 1 aromatic carbocycles. The third-order valence-electron chi connectivity index (χ3n) is 6.12. The molecule has 4 unspecified atom stereocenters. The molecule has 2 bridgehead atoms. The van der Waals surface area contributed by atoms with Crippen molar-refractivity contribution >= 4 is 0 Å². The molecule has 4 rings (SSSR count). The van der Waals surface area contributed by atoms with Crippen LogP contribution in [0.5, 0.6) is 0 Å². The van der Waals surface area contributed by atoms with Gasteiger partial charge in [-0.25, -0.2) is 0 Å². The SMILES string of the molecule is CC(NCc1ccccc1C1CC1)C1CC2CCC1C2. The maximum absolute atomic E-state index is 3.85. The smallest absolute Gasteiger partial charge is 0.0210 e. The van der Waals surface area contributed by atoms with Gasteiger partial charge in [0.15, 0.2) is 0 Å². The van der Waals surface area contributed by atoms with Crippen LogP contribution in [-0.4, -0.2) is 6.04 Å². The van der Waals surface area contributed by atoms with Crippen LogP contribution in [0.3, 0.4) is 0 Å². The van der Waals surface area contributed by atoms with E-state index in [9.17, 15) is 0 Å². The Labute approximate surface area is 123 Å². The summed E-state index contributed by atoms with van der Waals surface area (Å²) in [4.78, 5) is 0. The average Bonchev–Trinajstić information content (AvgIpc) is 3.11. The standard InChI is InChI=1S/C19H27N/c1-13(19-11-14-6-7-16(19)10-14)20-12-17-4-2-3-5-18(17)15-8-9-15/h2-5,13-16,19-20H,6-12H2,1H3. The highest BCUT2D eigenvalue weighted by atomic mass is 14.9. The van der Waals surface area contributed by atoms with Gasteiger partial charge in [-0.2, -0.15) is 0 Å². The average molecular weight is 269 g/mol. The highest BCUT2D eigenvalue weighted by Gasteiger charge is 2.41. The second-order valence-corrected chi connectivity index (χ2v) is 7.48. The lowest BCUT2D eigenvalue weighted by molar-refractivity contribution is 0.259. The molecule has 0 spiro atoms. The summed E-state index contributed by atoms with van der Waals surface area (Å²) in [5.74, 6) is 3.90. The second kappa shape index (κ2) is 5.18. The van der Waals surface area contributed by atoms with Crippen LogP contribution in [0.25, 0.3) is 0 Å². The normalized spacial score (nSPS) is 33.5. The van der Waals surface area contributed by atoms with Crippen LogP contribution in [-0.2, 0) is 6.54 Å². The Kier molecular flexibility index (Phi) is 3.34. The van der Waals surface area contributed by atoms with Crippen LogP contribution in [0.15, 0.2) is 24.3 Å². The van der Waals surface area contributed by atoms with Crippen LogP contribution in [0.2, 0.25) is 0 Å². The van der Waals surface area contributed by atoms with Gasteiger partial charge in [0.25, 0.3) is 0 Å². The number of hydrogen-bond acceptors (Lipinski definition) is 1. The van der Waals surface area contributed by atoms with E-state index in [2.05, 4.69) is 36.5 Å². The molecular formula is C19H27N. The fraction of sp³-hybridized carbons (Fsp3) is 0.684. The Hall–Kier alpha value is -0.820. The first-order chi connectivity index (χ1) is 9.81. The summed E-state index contributed by atoms with van der Waals surface area (Å²) in [5, 5.41) is 3.85. The van der Waals surface area contributed by atoms with Crippen molar-refractivity contribution in [1.29, 1.82) is 0 Å². The van der Waals surface area contributed by atoms with E-state index in [1.807, 2.05) is 0 Å². The Morgan fingerprint density at radius 3 is 2.65 bits per heavy atom. The maximum atomic E-state index is 3.85. The van der Waals surface area contributed by atoms with E-state index in [1.54, 1.807) is 11.1 Å². The van der Waals surface area contributed by atoms with E-state index in [0.717, 1.165) is 30.2 Å². The summed E-state index contributed by atoms with van der Waals surface area (Å²) in [6.45, 7) is 3.49. The van der Waals surface area contributed by atoms with Crippen molar-refractivity contribution in [2.75, 3.05) is 0 Å². The first-order valence-electron chi connectivity index (χ1n) is 8.62. The zero-order valence-electron chi connectivity index (χ0n) is 12.6.